The molecule has 7 heteroatoms. The Labute approximate surface area is 181 Å². The highest BCUT2D eigenvalue weighted by Gasteiger charge is 2.83. The molecule has 3 aliphatic heterocycles. The first-order valence-corrected chi connectivity index (χ1v) is 11.6. The molecule has 3 saturated carbocycles. The van der Waals surface area contributed by atoms with Gasteiger partial charge in [0, 0.05) is 29.6 Å². The predicted molar refractivity (Wildman–Crippen MR) is 106 cm³/mol. The van der Waals surface area contributed by atoms with Crippen LogP contribution in [0.15, 0.2) is 11.8 Å². The average molecular weight is 430 g/mol. The minimum absolute atomic E-state index is 0.0258. The standard InChI is InChI=1S/C24H30O7/c1-21-7-5-17(25)29-12-13(21)10-14(20(27)28-3)19-15-4-8-23(9-6-18(26)31-23)22(15,2)11-16-24(19,21)30-16/h12,14-16,19H,4-11H2,1-3H3/t14-,15+,16-,19+,21+,22+,23-,24-/m1/s1. The minimum Gasteiger partial charge on any atom is -0.469 e. The third-order valence-electron chi connectivity index (χ3n) is 10.2. The summed E-state index contributed by atoms with van der Waals surface area (Å²) in [6, 6.07) is 0. The fourth-order valence-electron chi connectivity index (χ4n) is 8.55. The molecule has 6 rings (SSSR count). The van der Waals surface area contributed by atoms with Gasteiger partial charge in [0.15, 0.2) is 0 Å². The highest BCUT2D eigenvalue weighted by Crippen LogP contribution is 2.78. The van der Waals surface area contributed by atoms with Gasteiger partial charge in [-0.05, 0) is 50.0 Å². The highest BCUT2D eigenvalue weighted by atomic mass is 16.6. The van der Waals surface area contributed by atoms with Crippen LogP contribution in [-0.4, -0.2) is 42.3 Å². The van der Waals surface area contributed by atoms with E-state index in [-0.39, 0.29) is 52.6 Å². The molecule has 0 aromatic rings. The van der Waals surface area contributed by atoms with Gasteiger partial charge >= 0.3 is 17.9 Å². The van der Waals surface area contributed by atoms with Crippen LogP contribution < -0.4 is 0 Å². The van der Waals surface area contributed by atoms with E-state index in [1.807, 2.05) is 0 Å². The molecule has 0 unspecified atom stereocenters. The van der Waals surface area contributed by atoms with Crippen molar-refractivity contribution in [2.24, 2.45) is 28.6 Å². The molecule has 5 fully saturated rings. The van der Waals surface area contributed by atoms with Crippen LogP contribution in [-0.2, 0) is 33.3 Å². The molecule has 0 N–H and O–H groups in total. The number of hydrogen-bond acceptors (Lipinski definition) is 7. The molecule has 3 heterocycles. The molecule has 8 atom stereocenters. The van der Waals surface area contributed by atoms with Crippen LogP contribution in [0.3, 0.4) is 0 Å². The molecule has 0 aromatic carbocycles. The summed E-state index contributed by atoms with van der Waals surface area (Å²) in [4.78, 5) is 37.3. The van der Waals surface area contributed by atoms with E-state index < -0.39 is 11.2 Å². The van der Waals surface area contributed by atoms with Gasteiger partial charge in [0.2, 0.25) is 0 Å². The first-order valence-electron chi connectivity index (χ1n) is 11.6. The van der Waals surface area contributed by atoms with Crippen LogP contribution in [0.5, 0.6) is 0 Å². The number of ether oxygens (including phenoxy) is 4. The Bertz CT molecular complexity index is 925. The number of epoxide rings is 1. The number of rotatable bonds is 1. The largest absolute Gasteiger partial charge is 0.469 e. The lowest BCUT2D eigenvalue weighted by Gasteiger charge is -2.57. The summed E-state index contributed by atoms with van der Waals surface area (Å²) in [5.74, 6) is -0.771. The van der Waals surface area contributed by atoms with E-state index in [0.29, 0.717) is 25.7 Å². The van der Waals surface area contributed by atoms with Crippen molar-refractivity contribution in [3.63, 3.8) is 0 Å². The molecule has 6 aliphatic rings. The van der Waals surface area contributed by atoms with Crippen LogP contribution >= 0.6 is 0 Å². The van der Waals surface area contributed by atoms with Crippen molar-refractivity contribution in [3.8, 4) is 0 Å². The number of methoxy groups -OCH3 is 1. The summed E-state index contributed by atoms with van der Waals surface area (Å²) < 4.78 is 23.3. The second kappa shape index (κ2) is 5.91. The predicted octanol–water partition coefficient (Wildman–Crippen LogP) is 3.06. The summed E-state index contributed by atoms with van der Waals surface area (Å²) in [5, 5.41) is 0. The Balaban J connectivity index is 1.48. The fraction of sp³-hybridized carbons (Fsp3) is 0.792. The van der Waals surface area contributed by atoms with Gasteiger partial charge in [-0.25, -0.2) is 0 Å². The summed E-state index contributed by atoms with van der Waals surface area (Å²) in [5.41, 5.74) is -0.552. The van der Waals surface area contributed by atoms with E-state index in [2.05, 4.69) is 13.8 Å². The van der Waals surface area contributed by atoms with Gasteiger partial charge < -0.3 is 18.9 Å². The summed E-state index contributed by atoms with van der Waals surface area (Å²) in [6.07, 6.45) is 6.84. The zero-order valence-electron chi connectivity index (χ0n) is 18.4. The molecular formula is C24H30O7. The Morgan fingerprint density at radius 3 is 2.61 bits per heavy atom. The second-order valence-electron chi connectivity index (χ2n) is 11.0. The Kier molecular flexibility index (Phi) is 3.77. The SMILES string of the molecule is COC(=O)[C@@H]1CC2=COC(=O)CC[C@]2(C)[C@@]23O[C@@H]2C[C@@]2(C)[C@@H](CC[C@@]24CCC(=O)O4)[C@H]13. The Morgan fingerprint density at radius 1 is 1.13 bits per heavy atom. The molecule has 0 bridgehead atoms. The Hall–Kier alpha value is -1.89. The Morgan fingerprint density at radius 2 is 1.90 bits per heavy atom. The molecule has 0 amide bonds. The normalized spacial score (nSPS) is 52.0. The minimum atomic E-state index is -0.498. The first kappa shape index (κ1) is 19.8. The van der Waals surface area contributed by atoms with Crippen LogP contribution in [0, 0.1) is 28.6 Å². The van der Waals surface area contributed by atoms with Gasteiger partial charge in [0.25, 0.3) is 0 Å². The van der Waals surface area contributed by atoms with Crippen molar-refractivity contribution in [1.82, 2.24) is 0 Å². The number of carbonyl (C=O) groups excluding carboxylic acids is 3. The molecule has 2 saturated heterocycles. The van der Waals surface area contributed by atoms with E-state index in [0.717, 1.165) is 31.3 Å². The average Bonchev–Trinajstić information content (AvgIpc) is 3.28. The third-order valence-corrected chi connectivity index (χ3v) is 10.2. The van der Waals surface area contributed by atoms with Gasteiger partial charge in [0.1, 0.15) is 11.2 Å². The zero-order chi connectivity index (χ0) is 21.8. The second-order valence-corrected chi connectivity index (χ2v) is 11.0. The molecule has 0 radical (unpaired) electrons. The molecule has 2 spiro atoms. The topological polar surface area (TPSA) is 91.4 Å². The maximum atomic E-state index is 13.1. The fourth-order valence-corrected chi connectivity index (χ4v) is 8.55. The summed E-state index contributed by atoms with van der Waals surface area (Å²) >= 11 is 0. The molecule has 0 aromatic heterocycles. The van der Waals surface area contributed by atoms with Gasteiger partial charge in [-0.3, -0.25) is 14.4 Å². The van der Waals surface area contributed by atoms with Gasteiger partial charge in [-0.1, -0.05) is 13.8 Å². The van der Waals surface area contributed by atoms with E-state index in [9.17, 15) is 14.4 Å². The number of cyclic esters (lactones) is 1. The van der Waals surface area contributed by atoms with Crippen LogP contribution in [0.4, 0.5) is 0 Å². The maximum Gasteiger partial charge on any atom is 0.310 e. The van der Waals surface area contributed by atoms with Crippen molar-refractivity contribution >= 4 is 17.9 Å². The zero-order valence-corrected chi connectivity index (χ0v) is 18.4. The van der Waals surface area contributed by atoms with Gasteiger partial charge in [-0.2, -0.15) is 0 Å². The molecule has 168 valence electrons. The molecule has 7 nitrogen and oxygen atoms in total. The number of fused-ring (bicyclic) bond motifs is 4. The van der Waals surface area contributed by atoms with Crippen molar-refractivity contribution < 1.29 is 33.3 Å². The maximum absolute atomic E-state index is 13.1. The van der Waals surface area contributed by atoms with Crippen LogP contribution in [0.2, 0.25) is 0 Å². The van der Waals surface area contributed by atoms with E-state index in [4.69, 9.17) is 18.9 Å². The number of hydrogen-bond donors (Lipinski definition) is 0. The lowest BCUT2D eigenvalue weighted by Crippen LogP contribution is -2.62. The quantitative estimate of drug-likeness (QED) is 0.359. The first-order chi connectivity index (χ1) is 14.7. The van der Waals surface area contributed by atoms with Crippen molar-refractivity contribution in [2.75, 3.05) is 7.11 Å². The van der Waals surface area contributed by atoms with E-state index >= 15 is 0 Å². The van der Waals surface area contributed by atoms with E-state index in [1.54, 1.807) is 6.26 Å². The summed E-state index contributed by atoms with van der Waals surface area (Å²) in [7, 11) is 1.44. The van der Waals surface area contributed by atoms with Crippen molar-refractivity contribution in [3.05, 3.63) is 11.8 Å². The third kappa shape index (κ3) is 2.16. The lowest BCUT2D eigenvalue weighted by molar-refractivity contribution is -0.171. The lowest BCUT2D eigenvalue weighted by atomic mass is 9.44. The van der Waals surface area contributed by atoms with Crippen molar-refractivity contribution in [1.29, 1.82) is 0 Å². The van der Waals surface area contributed by atoms with E-state index in [1.165, 1.54) is 7.11 Å². The van der Waals surface area contributed by atoms with Crippen LogP contribution in [0.25, 0.3) is 0 Å². The van der Waals surface area contributed by atoms with Gasteiger partial charge in [-0.15, -0.1) is 0 Å². The van der Waals surface area contributed by atoms with Crippen molar-refractivity contribution in [2.45, 2.75) is 82.5 Å². The smallest absolute Gasteiger partial charge is 0.310 e. The van der Waals surface area contributed by atoms with Gasteiger partial charge in [0.05, 0.1) is 25.4 Å². The highest BCUT2D eigenvalue weighted by molar-refractivity contribution is 5.76. The number of carbonyl (C=O) groups is 3. The van der Waals surface area contributed by atoms with Crippen LogP contribution in [0.1, 0.15) is 65.2 Å². The number of esters is 3. The molecular weight excluding hydrogens is 400 g/mol. The monoisotopic (exact) mass is 430 g/mol. The molecule has 31 heavy (non-hydrogen) atoms. The summed E-state index contributed by atoms with van der Waals surface area (Å²) in [6.45, 7) is 4.43. The molecule has 3 aliphatic carbocycles.